The van der Waals surface area contributed by atoms with Crippen LogP contribution in [-0.4, -0.2) is 30.6 Å². The summed E-state index contributed by atoms with van der Waals surface area (Å²) < 4.78 is 0. The summed E-state index contributed by atoms with van der Waals surface area (Å²) in [5.74, 6) is 1.84. The maximum atomic E-state index is 6.19. The van der Waals surface area contributed by atoms with E-state index in [4.69, 9.17) is 5.73 Å². The first kappa shape index (κ1) is 11.4. The summed E-state index contributed by atoms with van der Waals surface area (Å²) in [4.78, 5) is 2.61. The molecule has 0 aromatic heterocycles. The van der Waals surface area contributed by atoms with Crippen LogP contribution < -0.4 is 5.73 Å². The highest BCUT2D eigenvalue weighted by Crippen LogP contribution is 2.32. The van der Waals surface area contributed by atoms with Crippen LogP contribution in [0.1, 0.15) is 45.4 Å². The van der Waals surface area contributed by atoms with Crippen LogP contribution in [0.3, 0.4) is 0 Å². The molecule has 0 aromatic rings. The molecule has 2 rings (SSSR count). The van der Waals surface area contributed by atoms with Crippen molar-refractivity contribution < 1.29 is 0 Å². The van der Waals surface area contributed by atoms with Gasteiger partial charge in [-0.15, -0.1) is 0 Å². The Morgan fingerprint density at radius 2 is 2.00 bits per heavy atom. The lowest BCUT2D eigenvalue weighted by Crippen LogP contribution is -2.39. The first-order valence-electron chi connectivity index (χ1n) is 6.77. The second-order valence-electron chi connectivity index (χ2n) is 5.51. The van der Waals surface area contributed by atoms with E-state index in [-0.39, 0.29) is 0 Å². The Morgan fingerprint density at radius 1 is 1.20 bits per heavy atom. The highest BCUT2D eigenvalue weighted by atomic mass is 15.1. The molecule has 2 atom stereocenters. The zero-order valence-electron chi connectivity index (χ0n) is 10.1. The molecule has 1 saturated heterocycles. The molecule has 2 heteroatoms. The number of likely N-dealkylation sites (tertiary alicyclic amines) is 1. The number of nitrogens with two attached hydrogens (primary N) is 1. The molecule has 0 amide bonds. The van der Waals surface area contributed by atoms with Gasteiger partial charge in [0, 0.05) is 12.6 Å². The van der Waals surface area contributed by atoms with E-state index < -0.39 is 0 Å². The zero-order chi connectivity index (χ0) is 10.7. The van der Waals surface area contributed by atoms with Gasteiger partial charge in [-0.2, -0.15) is 0 Å². The van der Waals surface area contributed by atoms with Crippen molar-refractivity contribution in [3.63, 3.8) is 0 Å². The average molecular weight is 210 g/mol. The van der Waals surface area contributed by atoms with E-state index in [9.17, 15) is 0 Å². The Balaban J connectivity index is 1.72. The van der Waals surface area contributed by atoms with Gasteiger partial charge in [0.05, 0.1) is 0 Å². The lowest BCUT2D eigenvalue weighted by Gasteiger charge is -2.23. The summed E-state index contributed by atoms with van der Waals surface area (Å²) in [5, 5.41) is 0. The van der Waals surface area contributed by atoms with Crippen LogP contribution in [0.15, 0.2) is 0 Å². The summed E-state index contributed by atoms with van der Waals surface area (Å²) in [6, 6.07) is 0.461. The summed E-state index contributed by atoms with van der Waals surface area (Å²) in [6.45, 7) is 6.06. The molecular formula is C13H26N2. The molecule has 2 N–H and O–H groups in total. The molecule has 1 aliphatic carbocycles. The maximum absolute atomic E-state index is 6.19. The fraction of sp³-hybridized carbons (Fsp3) is 1.00. The molecule has 88 valence electrons. The molecule has 2 unspecified atom stereocenters. The van der Waals surface area contributed by atoms with Crippen LogP contribution in [0.4, 0.5) is 0 Å². The Morgan fingerprint density at radius 3 is 2.67 bits per heavy atom. The number of rotatable bonds is 4. The Hall–Kier alpha value is -0.0800. The van der Waals surface area contributed by atoms with Crippen LogP contribution in [0.5, 0.6) is 0 Å². The molecule has 0 bridgehead atoms. The van der Waals surface area contributed by atoms with Crippen LogP contribution in [0.2, 0.25) is 0 Å². The zero-order valence-corrected chi connectivity index (χ0v) is 10.1. The monoisotopic (exact) mass is 210 g/mol. The van der Waals surface area contributed by atoms with Crippen LogP contribution in [0.25, 0.3) is 0 Å². The summed E-state index contributed by atoms with van der Waals surface area (Å²) in [5.41, 5.74) is 6.19. The molecule has 0 aromatic carbocycles. The van der Waals surface area contributed by atoms with Crippen molar-refractivity contribution in [1.29, 1.82) is 0 Å². The first-order chi connectivity index (χ1) is 7.29. The molecule has 1 saturated carbocycles. The van der Waals surface area contributed by atoms with Crippen molar-refractivity contribution in [2.45, 2.75) is 51.5 Å². The molecule has 2 aliphatic rings. The van der Waals surface area contributed by atoms with Gasteiger partial charge in [0.2, 0.25) is 0 Å². The fourth-order valence-corrected chi connectivity index (χ4v) is 2.79. The Kier molecular flexibility index (Phi) is 4.04. The Labute approximate surface area is 94.2 Å². The van der Waals surface area contributed by atoms with E-state index in [1.807, 2.05) is 0 Å². The third-order valence-corrected chi connectivity index (χ3v) is 4.21. The maximum Gasteiger partial charge on any atom is 0.0196 e. The van der Waals surface area contributed by atoms with Gasteiger partial charge in [-0.1, -0.05) is 13.3 Å². The minimum atomic E-state index is 0.461. The quantitative estimate of drug-likeness (QED) is 0.771. The number of hydrogen-bond donors (Lipinski definition) is 1. The van der Waals surface area contributed by atoms with Crippen LogP contribution >= 0.6 is 0 Å². The normalized spacial score (nSPS) is 31.2. The van der Waals surface area contributed by atoms with Crippen LogP contribution in [-0.2, 0) is 0 Å². The van der Waals surface area contributed by atoms with E-state index in [0.717, 1.165) is 18.4 Å². The second kappa shape index (κ2) is 5.31. The third kappa shape index (κ3) is 3.46. The molecule has 2 nitrogen and oxygen atoms in total. The molecule has 1 aliphatic heterocycles. The number of nitrogens with zero attached hydrogens (tertiary/aromatic N) is 1. The molecule has 15 heavy (non-hydrogen) atoms. The number of hydrogen-bond acceptors (Lipinski definition) is 2. The minimum absolute atomic E-state index is 0.461. The van der Waals surface area contributed by atoms with E-state index in [0.29, 0.717) is 6.04 Å². The van der Waals surface area contributed by atoms with Crippen molar-refractivity contribution in [1.82, 2.24) is 4.90 Å². The first-order valence-corrected chi connectivity index (χ1v) is 6.77. The van der Waals surface area contributed by atoms with Gasteiger partial charge < -0.3 is 10.6 Å². The molecule has 0 radical (unpaired) electrons. The highest BCUT2D eigenvalue weighted by Gasteiger charge is 2.30. The third-order valence-electron chi connectivity index (χ3n) is 4.21. The van der Waals surface area contributed by atoms with Gasteiger partial charge in [-0.3, -0.25) is 0 Å². The summed E-state index contributed by atoms with van der Waals surface area (Å²) in [6.07, 6.45) is 8.34. The van der Waals surface area contributed by atoms with E-state index >= 15 is 0 Å². The van der Waals surface area contributed by atoms with E-state index in [1.165, 1.54) is 51.6 Å². The van der Waals surface area contributed by atoms with Gasteiger partial charge in [-0.05, 0) is 57.0 Å². The SMILES string of the molecule is CCC1CCCN(CC(N)C2CC2)CC1. The lowest BCUT2D eigenvalue weighted by atomic mass is 9.98. The largest absolute Gasteiger partial charge is 0.326 e. The van der Waals surface area contributed by atoms with Crippen molar-refractivity contribution >= 4 is 0 Å². The van der Waals surface area contributed by atoms with Crippen molar-refractivity contribution in [3.8, 4) is 0 Å². The minimum Gasteiger partial charge on any atom is -0.326 e. The summed E-state index contributed by atoms with van der Waals surface area (Å²) in [7, 11) is 0. The molecular weight excluding hydrogens is 184 g/mol. The van der Waals surface area contributed by atoms with Gasteiger partial charge in [0.15, 0.2) is 0 Å². The van der Waals surface area contributed by atoms with Gasteiger partial charge in [0.1, 0.15) is 0 Å². The lowest BCUT2D eigenvalue weighted by molar-refractivity contribution is 0.254. The van der Waals surface area contributed by atoms with Crippen molar-refractivity contribution in [3.05, 3.63) is 0 Å². The van der Waals surface area contributed by atoms with E-state index in [2.05, 4.69) is 11.8 Å². The van der Waals surface area contributed by atoms with Gasteiger partial charge >= 0.3 is 0 Å². The topological polar surface area (TPSA) is 29.3 Å². The second-order valence-corrected chi connectivity index (χ2v) is 5.51. The van der Waals surface area contributed by atoms with Crippen molar-refractivity contribution in [2.24, 2.45) is 17.6 Å². The van der Waals surface area contributed by atoms with Gasteiger partial charge in [0.25, 0.3) is 0 Å². The van der Waals surface area contributed by atoms with Crippen LogP contribution in [0, 0.1) is 11.8 Å². The predicted molar refractivity (Wildman–Crippen MR) is 64.8 cm³/mol. The average Bonchev–Trinajstić information content (AvgIpc) is 3.05. The Bertz CT molecular complexity index is 189. The predicted octanol–water partition coefficient (Wildman–Crippen LogP) is 2.24. The smallest absolute Gasteiger partial charge is 0.0196 e. The van der Waals surface area contributed by atoms with Crippen molar-refractivity contribution in [2.75, 3.05) is 19.6 Å². The molecule has 2 fully saturated rings. The fourth-order valence-electron chi connectivity index (χ4n) is 2.79. The standard InChI is InChI=1S/C13H26N2/c1-2-11-4-3-8-15(9-7-11)10-13(14)12-5-6-12/h11-13H,2-10,14H2,1H3. The highest BCUT2D eigenvalue weighted by molar-refractivity contribution is 4.86. The molecule has 0 spiro atoms. The molecule has 1 heterocycles. The van der Waals surface area contributed by atoms with E-state index in [1.54, 1.807) is 0 Å². The van der Waals surface area contributed by atoms with Gasteiger partial charge in [-0.25, -0.2) is 0 Å². The summed E-state index contributed by atoms with van der Waals surface area (Å²) >= 11 is 0.